The minimum atomic E-state index is 0.0351. The van der Waals surface area contributed by atoms with Gasteiger partial charge in [-0.05, 0) is 38.8 Å². The first-order chi connectivity index (χ1) is 12.3. The molecule has 0 aliphatic carbocycles. The topological polar surface area (TPSA) is 54.2 Å². The summed E-state index contributed by atoms with van der Waals surface area (Å²) in [5.41, 5.74) is 4.95. The first-order valence-electron chi connectivity index (χ1n) is 9.34. The van der Waals surface area contributed by atoms with Crippen molar-refractivity contribution in [3.63, 3.8) is 0 Å². The van der Waals surface area contributed by atoms with E-state index >= 15 is 0 Å². The fourth-order valence-corrected chi connectivity index (χ4v) is 3.03. The molecule has 2 rings (SSSR count). The van der Waals surface area contributed by atoms with Crippen LogP contribution in [0.25, 0.3) is 0 Å². The van der Waals surface area contributed by atoms with Crippen LogP contribution in [0.4, 0.5) is 0 Å². The highest BCUT2D eigenvalue weighted by molar-refractivity contribution is 5.79. The molecular formula is C21H33N5. The van der Waals surface area contributed by atoms with Crippen LogP contribution in [0.15, 0.2) is 35.3 Å². The standard InChI is InChI=1S/C21H33N5/c1-16-9-7-10-19(13-16)21(4,5)15-24-20(22-6)23-11-8-12-26-18(3)14-17(2)25-26/h7,9-10,13-14H,8,11-12,15H2,1-6H3,(H2,22,23,24). The Morgan fingerprint density at radius 2 is 1.92 bits per heavy atom. The van der Waals surface area contributed by atoms with Crippen LogP contribution < -0.4 is 10.6 Å². The van der Waals surface area contributed by atoms with Crippen molar-refractivity contribution in [2.45, 2.75) is 53.0 Å². The van der Waals surface area contributed by atoms with Gasteiger partial charge in [-0.3, -0.25) is 9.67 Å². The second-order valence-corrected chi connectivity index (χ2v) is 7.61. The zero-order chi connectivity index (χ0) is 19.2. The smallest absolute Gasteiger partial charge is 0.191 e. The number of nitrogens with one attached hydrogen (secondary N) is 2. The Labute approximate surface area is 157 Å². The molecule has 0 radical (unpaired) electrons. The molecule has 0 bridgehead atoms. The zero-order valence-electron chi connectivity index (χ0n) is 17.1. The van der Waals surface area contributed by atoms with Crippen molar-refractivity contribution in [2.24, 2.45) is 4.99 Å². The van der Waals surface area contributed by atoms with Gasteiger partial charge in [-0.1, -0.05) is 43.7 Å². The number of aromatic nitrogens is 2. The maximum atomic E-state index is 4.50. The van der Waals surface area contributed by atoms with E-state index < -0.39 is 0 Å². The molecule has 142 valence electrons. The van der Waals surface area contributed by atoms with Crippen LogP contribution in [0.5, 0.6) is 0 Å². The minimum Gasteiger partial charge on any atom is -0.356 e. The summed E-state index contributed by atoms with van der Waals surface area (Å²) in [4.78, 5) is 4.34. The molecule has 2 aromatic rings. The van der Waals surface area contributed by atoms with Gasteiger partial charge in [0.05, 0.1) is 5.69 Å². The van der Waals surface area contributed by atoms with Crippen LogP contribution in [0.2, 0.25) is 0 Å². The summed E-state index contributed by atoms with van der Waals surface area (Å²) < 4.78 is 2.06. The van der Waals surface area contributed by atoms with E-state index in [1.807, 2.05) is 14.0 Å². The maximum absolute atomic E-state index is 4.50. The van der Waals surface area contributed by atoms with E-state index in [1.165, 1.54) is 16.8 Å². The molecule has 0 fully saturated rings. The molecule has 0 aliphatic rings. The van der Waals surface area contributed by atoms with Gasteiger partial charge in [0.25, 0.3) is 0 Å². The Balaban J connectivity index is 1.79. The predicted molar refractivity (Wildman–Crippen MR) is 110 cm³/mol. The van der Waals surface area contributed by atoms with Gasteiger partial charge in [0, 0.05) is 37.8 Å². The molecule has 1 aromatic heterocycles. The monoisotopic (exact) mass is 355 g/mol. The highest BCUT2D eigenvalue weighted by Crippen LogP contribution is 2.22. The summed E-state index contributed by atoms with van der Waals surface area (Å²) >= 11 is 0. The third kappa shape index (κ3) is 5.61. The molecular weight excluding hydrogens is 322 g/mol. The molecule has 0 amide bonds. The maximum Gasteiger partial charge on any atom is 0.191 e. The molecule has 0 unspecified atom stereocenters. The van der Waals surface area contributed by atoms with Gasteiger partial charge in [-0.15, -0.1) is 0 Å². The largest absolute Gasteiger partial charge is 0.356 e. The van der Waals surface area contributed by atoms with Gasteiger partial charge in [0.1, 0.15) is 0 Å². The van der Waals surface area contributed by atoms with Crippen molar-refractivity contribution < 1.29 is 0 Å². The van der Waals surface area contributed by atoms with Crippen LogP contribution in [0.1, 0.15) is 42.8 Å². The number of nitrogens with zero attached hydrogens (tertiary/aromatic N) is 3. The molecule has 0 spiro atoms. The molecule has 1 aromatic carbocycles. The average molecular weight is 356 g/mol. The fraction of sp³-hybridized carbons (Fsp3) is 0.524. The Kier molecular flexibility index (Phi) is 6.83. The van der Waals surface area contributed by atoms with Crippen molar-refractivity contribution >= 4 is 5.96 Å². The van der Waals surface area contributed by atoms with E-state index in [2.05, 4.69) is 83.4 Å². The summed E-state index contributed by atoms with van der Waals surface area (Å²) in [5.74, 6) is 0.846. The van der Waals surface area contributed by atoms with Crippen LogP contribution in [0, 0.1) is 20.8 Å². The van der Waals surface area contributed by atoms with Gasteiger partial charge < -0.3 is 10.6 Å². The number of rotatable bonds is 7. The van der Waals surface area contributed by atoms with Gasteiger partial charge in [-0.2, -0.15) is 5.10 Å². The first kappa shape index (κ1) is 20.0. The van der Waals surface area contributed by atoms with E-state index in [1.54, 1.807) is 0 Å². The van der Waals surface area contributed by atoms with Gasteiger partial charge >= 0.3 is 0 Å². The number of aryl methyl sites for hydroxylation is 4. The Morgan fingerprint density at radius 3 is 2.54 bits per heavy atom. The zero-order valence-corrected chi connectivity index (χ0v) is 17.1. The van der Waals surface area contributed by atoms with E-state index in [4.69, 9.17) is 0 Å². The predicted octanol–water partition coefficient (Wildman–Crippen LogP) is 3.34. The molecule has 5 nitrogen and oxygen atoms in total. The SMILES string of the molecule is CN=C(NCCCn1nc(C)cc1C)NCC(C)(C)c1cccc(C)c1. The van der Waals surface area contributed by atoms with Crippen LogP contribution in [0.3, 0.4) is 0 Å². The van der Waals surface area contributed by atoms with Crippen molar-refractivity contribution in [1.82, 2.24) is 20.4 Å². The van der Waals surface area contributed by atoms with Gasteiger partial charge in [0.15, 0.2) is 5.96 Å². The lowest BCUT2D eigenvalue weighted by Crippen LogP contribution is -2.43. The van der Waals surface area contributed by atoms with Gasteiger partial charge in [0.2, 0.25) is 0 Å². The molecule has 5 heteroatoms. The quantitative estimate of drug-likeness (QED) is 0.455. The Hall–Kier alpha value is -2.30. The number of aliphatic imine (C=N–C) groups is 1. The third-order valence-corrected chi connectivity index (χ3v) is 4.66. The second kappa shape index (κ2) is 8.88. The highest BCUT2D eigenvalue weighted by Gasteiger charge is 2.20. The summed E-state index contributed by atoms with van der Waals surface area (Å²) in [6, 6.07) is 10.8. The van der Waals surface area contributed by atoms with Crippen molar-refractivity contribution in [1.29, 1.82) is 0 Å². The van der Waals surface area contributed by atoms with Crippen molar-refractivity contribution in [2.75, 3.05) is 20.1 Å². The molecule has 0 saturated carbocycles. The number of guanidine groups is 1. The highest BCUT2D eigenvalue weighted by atomic mass is 15.3. The fourth-order valence-electron chi connectivity index (χ4n) is 3.03. The molecule has 26 heavy (non-hydrogen) atoms. The van der Waals surface area contributed by atoms with E-state index in [-0.39, 0.29) is 5.41 Å². The molecule has 2 N–H and O–H groups in total. The third-order valence-electron chi connectivity index (χ3n) is 4.66. The summed E-state index contributed by atoms with van der Waals surface area (Å²) in [6.45, 7) is 13.4. The summed E-state index contributed by atoms with van der Waals surface area (Å²) in [7, 11) is 1.82. The molecule has 0 atom stereocenters. The van der Waals surface area contributed by atoms with E-state index in [0.717, 1.165) is 37.7 Å². The molecule has 0 aliphatic heterocycles. The first-order valence-corrected chi connectivity index (χ1v) is 9.34. The number of benzene rings is 1. The van der Waals surface area contributed by atoms with E-state index in [0.29, 0.717) is 0 Å². The van der Waals surface area contributed by atoms with Crippen LogP contribution in [-0.2, 0) is 12.0 Å². The Morgan fingerprint density at radius 1 is 1.15 bits per heavy atom. The van der Waals surface area contributed by atoms with Gasteiger partial charge in [-0.25, -0.2) is 0 Å². The lowest BCUT2D eigenvalue weighted by Gasteiger charge is -2.27. The van der Waals surface area contributed by atoms with Crippen LogP contribution >= 0.6 is 0 Å². The van der Waals surface area contributed by atoms with Crippen molar-refractivity contribution in [3.05, 3.63) is 52.8 Å². The lowest BCUT2D eigenvalue weighted by molar-refractivity contribution is 0.505. The average Bonchev–Trinajstić information content (AvgIpc) is 2.91. The second-order valence-electron chi connectivity index (χ2n) is 7.61. The normalized spacial score (nSPS) is 12.3. The lowest BCUT2D eigenvalue weighted by atomic mass is 9.84. The van der Waals surface area contributed by atoms with Crippen LogP contribution in [-0.4, -0.2) is 35.9 Å². The minimum absolute atomic E-state index is 0.0351. The summed E-state index contributed by atoms with van der Waals surface area (Å²) in [6.07, 6.45) is 1.00. The van der Waals surface area contributed by atoms with Crippen molar-refractivity contribution in [3.8, 4) is 0 Å². The summed E-state index contributed by atoms with van der Waals surface area (Å²) in [5, 5.41) is 11.4. The van der Waals surface area contributed by atoms with E-state index in [9.17, 15) is 0 Å². The molecule has 0 saturated heterocycles. The molecule has 1 heterocycles. The number of hydrogen-bond donors (Lipinski definition) is 2. The Bertz CT molecular complexity index is 743. The number of hydrogen-bond acceptors (Lipinski definition) is 2.